The number of hydrogen-bond donors (Lipinski definition) is 1. The van der Waals surface area contributed by atoms with E-state index in [0.717, 1.165) is 67.9 Å². The lowest BCUT2D eigenvalue weighted by Crippen LogP contribution is -2.48. The summed E-state index contributed by atoms with van der Waals surface area (Å²) in [5.41, 5.74) is 1.84. The number of aromatic nitrogens is 2. The first-order valence-corrected chi connectivity index (χ1v) is 10.8. The smallest absolute Gasteiger partial charge is 0.407 e. The Hall–Kier alpha value is -2.94. The van der Waals surface area contributed by atoms with Gasteiger partial charge in [0.2, 0.25) is 5.91 Å². The highest BCUT2D eigenvalue weighted by molar-refractivity contribution is 5.82. The van der Waals surface area contributed by atoms with Crippen LogP contribution in [0.1, 0.15) is 31.4 Å². The summed E-state index contributed by atoms with van der Waals surface area (Å²) in [6.07, 6.45) is 2.27. The predicted molar refractivity (Wildman–Crippen MR) is 115 cm³/mol. The van der Waals surface area contributed by atoms with Gasteiger partial charge in [-0.3, -0.25) is 9.69 Å². The first-order chi connectivity index (χ1) is 15.0. The van der Waals surface area contributed by atoms with Gasteiger partial charge >= 0.3 is 6.09 Å². The normalized spacial score (nSPS) is 18.4. The third kappa shape index (κ3) is 5.04. The zero-order valence-electron chi connectivity index (χ0n) is 17.9. The molecule has 0 aliphatic carbocycles. The molecule has 1 aromatic heterocycles. The van der Waals surface area contributed by atoms with Gasteiger partial charge in [-0.05, 0) is 25.0 Å². The van der Waals surface area contributed by atoms with Gasteiger partial charge in [-0.15, -0.1) is 0 Å². The number of benzene rings is 1. The van der Waals surface area contributed by atoms with Crippen LogP contribution >= 0.6 is 0 Å². The summed E-state index contributed by atoms with van der Waals surface area (Å²) < 4.78 is 5.96. The van der Waals surface area contributed by atoms with Crippen molar-refractivity contribution in [1.82, 2.24) is 24.7 Å². The van der Waals surface area contributed by atoms with Crippen LogP contribution in [0, 0.1) is 0 Å². The van der Waals surface area contributed by atoms with Gasteiger partial charge in [0.1, 0.15) is 18.7 Å². The van der Waals surface area contributed by atoms with E-state index in [0.29, 0.717) is 19.7 Å². The maximum atomic E-state index is 11.4. The maximum Gasteiger partial charge on any atom is 0.407 e. The second kappa shape index (κ2) is 9.47. The van der Waals surface area contributed by atoms with Gasteiger partial charge < -0.3 is 19.6 Å². The molecule has 0 saturated carbocycles. The molecule has 9 heteroatoms. The van der Waals surface area contributed by atoms with E-state index in [4.69, 9.17) is 9.84 Å². The van der Waals surface area contributed by atoms with Crippen LogP contribution in [0.25, 0.3) is 10.9 Å². The highest BCUT2D eigenvalue weighted by Crippen LogP contribution is 2.32. The Labute approximate surface area is 181 Å². The number of nitrogens with zero attached hydrogens (tertiary/aromatic N) is 5. The molecule has 1 aromatic carbocycles. The Balaban J connectivity index is 1.34. The summed E-state index contributed by atoms with van der Waals surface area (Å²) in [6.45, 7) is 7.38. The molecule has 2 saturated heterocycles. The maximum absolute atomic E-state index is 11.4. The summed E-state index contributed by atoms with van der Waals surface area (Å²) in [5, 5.41) is 10.2. The Bertz CT molecular complexity index is 937. The number of likely N-dealkylation sites (tertiary alicyclic amines) is 1. The van der Waals surface area contributed by atoms with Crippen molar-refractivity contribution in [3.8, 4) is 5.75 Å². The van der Waals surface area contributed by atoms with E-state index < -0.39 is 6.09 Å². The number of carbonyl (C=O) groups is 2. The minimum atomic E-state index is -0.853. The number of ether oxygens (including phenoxy) is 1. The van der Waals surface area contributed by atoms with Crippen molar-refractivity contribution in [3.05, 3.63) is 30.2 Å². The van der Waals surface area contributed by atoms with E-state index in [9.17, 15) is 9.59 Å². The molecule has 1 N–H and O–H groups in total. The van der Waals surface area contributed by atoms with Crippen LogP contribution in [-0.4, -0.2) is 94.2 Å². The van der Waals surface area contributed by atoms with Crippen molar-refractivity contribution in [1.29, 1.82) is 0 Å². The predicted octanol–water partition coefficient (Wildman–Crippen LogP) is 2.03. The number of hydrogen-bond acceptors (Lipinski definition) is 6. The summed E-state index contributed by atoms with van der Waals surface area (Å²) in [5.74, 6) is 1.16. The SMILES string of the molecule is CC(=O)N1CCN(CCOc2ccc3c(C4CCN(C(=O)O)CC4)ncnc3c2)CC1. The third-order valence-corrected chi connectivity index (χ3v) is 6.28. The molecule has 0 atom stereocenters. The van der Waals surface area contributed by atoms with E-state index in [-0.39, 0.29) is 11.8 Å². The molecule has 0 unspecified atom stereocenters. The van der Waals surface area contributed by atoms with Crippen LogP contribution in [-0.2, 0) is 4.79 Å². The van der Waals surface area contributed by atoms with E-state index in [1.807, 2.05) is 23.1 Å². The first-order valence-electron chi connectivity index (χ1n) is 10.8. The summed E-state index contributed by atoms with van der Waals surface area (Å²) in [6, 6.07) is 5.91. The average molecular weight is 428 g/mol. The number of carbonyl (C=O) groups excluding carboxylic acids is 1. The lowest BCUT2D eigenvalue weighted by Gasteiger charge is -2.34. The van der Waals surface area contributed by atoms with E-state index in [1.165, 1.54) is 4.90 Å². The van der Waals surface area contributed by atoms with E-state index in [2.05, 4.69) is 14.9 Å². The molecule has 2 amide bonds. The highest BCUT2D eigenvalue weighted by Gasteiger charge is 2.25. The van der Waals surface area contributed by atoms with Crippen LogP contribution in [0.3, 0.4) is 0 Å². The summed E-state index contributed by atoms with van der Waals surface area (Å²) >= 11 is 0. The molecule has 3 heterocycles. The molecular weight excluding hydrogens is 398 g/mol. The largest absolute Gasteiger partial charge is 0.492 e. The number of fused-ring (bicyclic) bond motifs is 1. The van der Waals surface area contributed by atoms with Crippen molar-refractivity contribution >= 4 is 22.9 Å². The van der Waals surface area contributed by atoms with Crippen molar-refractivity contribution in [2.24, 2.45) is 0 Å². The van der Waals surface area contributed by atoms with Gasteiger partial charge in [-0.2, -0.15) is 0 Å². The summed E-state index contributed by atoms with van der Waals surface area (Å²) in [4.78, 5) is 37.2. The van der Waals surface area contributed by atoms with Crippen LogP contribution in [0.5, 0.6) is 5.75 Å². The Morgan fingerprint density at radius 3 is 2.48 bits per heavy atom. The van der Waals surface area contributed by atoms with Crippen molar-refractivity contribution in [2.45, 2.75) is 25.7 Å². The van der Waals surface area contributed by atoms with E-state index >= 15 is 0 Å². The van der Waals surface area contributed by atoms with Gasteiger partial charge in [0.15, 0.2) is 0 Å². The molecule has 9 nitrogen and oxygen atoms in total. The van der Waals surface area contributed by atoms with Gasteiger partial charge in [0.25, 0.3) is 0 Å². The van der Waals surface area contributed by atoms with Crippen LogP contribution in [0.4, 0.5) is 4.79 Å². The van der Waals surface area contributed by atoms with Gasteiger partial charge in [0, 0.05) is 70.1 Å². The summed E-state index contributed by atoms with van der Waals surface area (Å²) in [7, 11) is 0. The second-order valence-electron chi connectivity index (χ2n) is 8.18. The fourth-order valence-corrected chi connectivity index (χ4v) is 4.40. The fourth-order valence-electron chi connectivity index (χ4n) is 4.40. The molecule has 4 rings (SSSR count). The molecule has 2 aromatic rings. The lowest BCUT2D eigenvalue weighted by atomic mass is 9.91. The molecule has 2 fully saturated rings. The molecule has 0 spiro atoms. The zero-order chi connectivity index (χ0) is 21.8. The van der Waals surface area contributed by atoms with Crippen molar-refractivity contribution < 1.29 is 19.4 Å². The van der Waals surface area contributed by atoms with Gasteiger partial charge in [0.05, 0.1) is 11.2 Å². The monoisotopic (exact) mass is 427 g/mol. The van der Waals surface area contributed by atoms with Crippen LogP contribution in [0.15, 0.2) is 24.5 Å². The highest BCUT2D eigenvalue weighted by atomic mass is 16.5. The Kier molecular flexibility index (Phi) is 6.50. The van der Waals surface area contributed by atoms with E-state index in [1.54, 1.807) is 13.3 Å². The number of piperidine rings is 1. The van der Waals surface area contributed by atoms with Crippen molar-refractivity contribution in [3.63, 3.8) is 0 Å². The molecule has 31 heavy (non-hydrogen) atoms. The number of piperazine rings is 1. The third-order valence-electron chi connectivity index (χ3n) is 6.28. The molecular formula is C22H29N5O4. The number of rotatable bonds is 5. The second-order valence-corrected chi connectivity index (χ2v) is 8.18. The molecule has 0 bridgehead atoms. The zero-order valence-corrected chi connectivity index (χ0v) is 17.9. The van der Waals surface area contributed by atoms with Crippen LogP contribution in [0.2, 0.25) is 0 Å². The Morgan fingerprint density at radius 1 is 1.06 bits per heavy atom. The standard InChI is InChI=1S/C22H29N5O4/c1-16(28)26-10-8-25(9-11-26)12-13-31-18-2-3-19-20(14-18)23-15-24-21(19)17-4-6-27(7-5-17)22(29)30/h2-3,14-15,17H,4-13H2,1H3,(H,29,30). The molecule has 2 aliphatic heterocycles. The lowest BCUT2D eigenvalue weighted by molar-refractivity contribution is -0.130. The molecule has 2 aliphatic rings. The van der Waals surface area contributed by atoms with Crippen molar-refractivity contribution in [2.75, 3.05) is 52.4 Å². The molecule has 0 radical (unpaired) electrons. The number of carboxylic acid groups (broad SMARTS) is 1. The molecule has 166 valence electrons. The number of amides is 2. The topological polar surface area (TPSA) is 99.1 Å². The minimum Gasteiger partial charge on any atom is -0.492 e. The minimum absolute atomic E-state index is 0.140. The first kappa shape index (κ1) is 21.3. The van der Waals surface area contributed by atoms with Gasteiger partial charge in [-0.1, -0.05) is 0 Å². The fraction of sp³-hybridized carbons (Fsp3) is 0.545. The van der Waals surface area contributed by atoms with Gasteiger partial charge in [-0.25, -0.2) is 14.8 Å². The quantitative estimate of drug-likeness (QED) is 0.779. The van der Waals surface area contributed by atoms with Crippen LogP contribution < -0.4 is 4.74 Å². The Morgan fingerprint density at radius 2 is 1.81 bits per heavy atom. The average Bonchev–Trinajstić information content (AvgIpc) is 2.79.